The molecule has 1 atom stereocenters. The van der Waals surface area contributed by atoms with Gasteiger partial charge in [0.25, 0.3) is 5.91 Å². The molecule has 1 unspecified atom stereocenters. The number of imide groups is 1. The van der Waals surface area contributed by atoms with Crippen LogP contribution in [0.5, 0.6) is 0 Å². The van der Waals surface area contributed by atoms with Crippen LogP contribution in [0, 0.1) is 0 Å². The van der Waals surface area contributed by atoms with E-state index in [1.807, 2.05) is 5.32 Å². The summed E-state index contributed by atoms with van der Waals surface area (Å²) in [4.78, 5) is 21.3. The minimum atomic E-state index is -4.58. The fraction of sp³-hybridized carbons (Fsp3) is 0.600. The molecule has 0 aromatic rings. The molecule has 0 aromatic heterocycles. The van der Waals surface area contributed by atoms with E-state index in [0.29, 0.717) is 0 Å². The Morgan fingerprint density at radius 2 is 2.00 bits per heavy atom. The van der Waals surface area contributed by atoms with E-state index in [4.69, 9.17) is 0 Å². The lowest BCUT2D eigenvalue weighted by Gasteiger charge is -2.03. The van der Waals surface area contributed by atoms with Crippen LogP contribution in [0.25, 0.3) is 0 Å². The van der Waals surface area contributed by atoms with Crippen LogP contribution < -0.4 is 10.6 Å². The van der Waals surface area contributed by atoms with Crippen molar-refractivity contribution in [2.75, 3.05) is 5.75 Å². The summed E-state index contributed by atoms with van der Waals surface area (Å²) >= 11 is 0. The van der Waals surface area contributed by atoms with Gasteiger partial charge in [0.2, 0.25) is 0 Å². The second kappa shape index (κ2) is 3.29. The molecule has 1 rings (SSSR count). The van der Waals surface area contributed by atoms with Crippen LogP contribution in [0.3, 0.4) is 0 Å². The van der Waals surface area contributed by atoms with Crippen LogP contribution in [0.2, 0.25) is 0 Å². The minimum Gasteiger partial charge on any atom is -0.326 e. The number of carbonyl (C=O) groups is 2. The summed E-state index contributed by atoms with van der Waals surface area (Å²) in [5, 5.41) is 4.04. The maximum absolute atomic E-state index is 12.0. The molecule has 1 aliphatic rings. The summed E-state index contributed by atoms with van der Waals surface area (Å²) in [6.45, 7) is 0. The molecule has 0 spiro atoms. The summed E-state index contributed by atoms with van der Waals surface area (Å²) < 4.78 is 32.1. The average Bonchev–Trinajstić information content (AvgIpc) is 2.24. The van der Waals surface area contributed by atoms with Crippen molar-refractivity contribution in [1.82, 2.24) is 10.6 Å². The molecule has 0 aliphatic carbocycles. The number of carbonyl (C=O) groups excluding carboxylic acids is 2. The van der Waals surface area contributed by atoms with E-state index in [1.54, 1.807) is 0 Å². The van der Waals surface area contributed by atoms with Gasteiger partial charge in [-0.2, -0.15) is 8.42 Å². The van der Waals surface area contributed by atoms with Crippen LogP contribution >= 0.6 is 0 Å². The van der Waals surface area contributed by atoms with Crippen LogP contribution in [0.4, 0.5) is 8.68 Å². The van der Waals surface area contributed by atoms with Crippen molar-refractivity contribution in [3.05, 3.63) is 0 Å². The van der Waals surface area contributed by atoms with Gasteiger partial charge in [-0.1, -0.05) is 0 Å². The number of hydrogen-bond acceptors (Lipinski definition) is 4. The van der Waals surface area contributed by atoms with Gasteiger partial charge in [-0.15, -0.1) is 3.89 Å². The molecule has 1 heterocycles. The van der Waals surface area contributed by atoms with Crippen LogP contribution in [0.1, 0.15) is 6.42 Å². The van der Waals surface area contributed by atoms with Crippen molar-refractivity contribution in [3.8, 4) is 0 Å². The molecule has 3 amide bonds. The number of rotatable bonds is 3. The van der Waals surface area contributed by atoms with E-state index in [2.05, 4.69) is 5.32 Å². The second-order valence-corrected chi connectivity index (χ2v) is 4.03. The Balaban J connectivity index is 2.47. The van der Waals surface area contributed by atoms with Crippen molar-refractivity contribution < 1.29 is 21.9 Å². The van der Waals surface area contributed by atoms with Crippen molar-refractivity contribution in [1.29, 1.82) is 0 Å². The van der Waals surface area contributed by atoms with Gasteiger partial charge >= 0.3 is 16.3 Å². The molecule has 2 N–H and O–H groups in total. The number of urea groups is 1. The zero-order chi connectivity index (χ0) is 10.1. The predicted molar refractivity (Wildman–Crippen MR) is 40.0 cm³/mol. The highest BCUT2D eigenvalue weighted by Gasteiger charge is 2.30. The smallest absolute Gasteiger partial charge is 0.322 e. The molecule has 1 saturated heterocycles. The Kier molecular flexibility index (Phi) is 2.50. The quantitative estimate of drug-likeness (QED) is 0.456. The van der Waals surface area contributed by atoms with Crippen molar-refractivity contribution in [2.45, 2.75) is 12.5 Å². The third-order valence-electron chi connectivity index (χ3n) is 1.51. The average molecular weight is 210 g/mol. The Morgan fingerprint density at radius 1 is 1.38 bits per heavy atom. The van der Waals surface area contributed by atoms with E-state index in [-0.39, 0.29) is 6.42 Å². The number of amides is 3. The van der Waals surface area contributed by atoms with E-state index in [1.165, 1.54) is 0 Å². The van der Waals surface area contributed by atoms with E-state index < -0.39 is 34.0 Å². The maximum Gasteiger partial charge on any atom is 0.322 e. The highest BCUT2D eigenvalue weighted by molar-refractivity contribution is 7.86. The van der Waals surface area contributed by atoms with Crippen molar-refractivity contribution in [3.63, 3.8) is 0 Å². The Hall–Kier alpha value is -1.18. The molecule has 1 aliphatic heterocycles. The van der Waals surface area contributed by atoms with Crippen LogP contribution in [-0.2, 0) is 15.0 Å². The zero-order valence-electron chi connectivity index (χ0n) is 6.41. The van der Waals surface area contributed by atoms with Crippen molar-refractivity contribution in [2.24, 2.45) is 0 Å². The van der Waals surface area contributed by atoms with Gasteiger partial charge in [0.15, 0.2) is 0 Å². The van der Waals surface area contributed by atoms with Gasteiger partial charge in [-0.25, -0.2) is 4.79 Å². The Bertz CT molecular complexity index is 338. The van der Waals surface area contributed by atoms with E-state index in [0.717, 1.165) is 0 Å². The lowest BCUT2D eigenvalue weighted by molar-refractivity contribution is -0.120. The van der Waals surface area contributed by atoms with Gasteiger partial charge < -0.3 is 5.32 Å². The Labute approximate surface area is 73.7 Å². The van der Waals surface area contributed by atoms with Gasteiger partial charge in [0, 0.05) is 0 Å². The molecule has 8 heteroatoms. The molecule has 0 bridgehead atoms. The number of hydrogen-bond donors (Lipinski definition) is 2. The molecular formula is C5H7FN2O4S. The van der Waals surface area contributed by atoms with E-state index in [9.17, 15) is 21.9 Å². The van der Waals surface area contributed by atoms with Crippen LogP contribution in [-0.4, -0.2) is 32.2 Å². The molecule has 0 aromatic carbocycles. The number of nitrogens with one attached hydrogen (secondary N) is 2. The largest absolute Gasteiger partial charge is 0.326 e. The van der Waals surface area contributed by atoms with Gasteiger partial charge in [-0.3, -0.25) is 10.1 Å². The maximum atomic E-state index is 12.0. The normalized spacial score (nSPS) is 22.7. The first kappa shape index (κ1) is 9.90. The lowest BCUT2D eigenvalue weighted by Crippen LogP contribution is -2.30. The van der Waals surface area contributed by atoms with Crippen molar-refractivity contribution >= 4 is 22.2 Å². The van der Waals surface area contributed by atoms with Gasteiger partial charge in [0.1, 0.15) is 6.04 Å². The minimum absolute atomic E-state index is 0.254. The Morgan fingerprint density at radius 3 is 2.38 bits per heavy atom. The molecular weight excluding hydrogens is 203 g/mol. The summed E-state index contributed by atoms with van der Waals surface area (Å²) in [7, 11) is -4.58. The lowest BCUT2D eigenvalue weighted by atomic mass is 10.2. The first-order valence-corrected chi connectivity index (χ1v) is 4.97. The SMILES string of the molecule is O=C1NC(=O)C(CCS(=O)(=O)F)N1. The van der Waals surface area contributed by atoms with E-state index >= 15 is 0 Å². The summed E-state index contributed by atoms with van der Waals surface area (Å²) in [5.74, 6) is -1.40. The third kappa shape index (κ3) is 2.98. The molecule has 74 valence electrons. The molecule has 1 fully saturated rings. The first-order chi connectivity index (χ1) is 5.88. The molecule has 6 nitrogen and oxygen atoms in total. The highest BCUT2D eigenvalue weighted by Crippen LogP contribution is 2.02. The summed E-state index contributed by atoms with van der Waals surface area (Å²) in [6, 6.07) is -1.63. The molecule has 0 saturated carbocycles. The standard InChI is InChI=1S/C5H7FN2O4S/c6-13(11,12)2-1-3-4(9)8-5(10)7-3/h3H,1-2H2,(H2,7,8,9,10). The summed E-state index contributed by atoms with van der Waals surface area (Å²) in [6.07, 6.45) is -0.254. The summed E-state index contributed by atoms with van der Waals surface area (Å²) in [5.41, 5.74) is 0. The van der Waals surface area contributed by atoms with Gasteiger partial charge in [-0.05, 0) is 6.42 Å². The van der Waals surface area contributed by atoms with Crippen LogP contribution in [0.15, 0.2) is 0 Å². The molecule has 13 heavy (non-hydrogen) atoms. The fourth-order valence-electron chi connectivity index (χ4n) is 0.921. The zero-order valence-corrected chi connectivity index (χ0v) is 7.23. The highest BCUT2D eigenvalue weighted by atomic mass is 32.3. The first-order valence-electron chi connectivity index (χ1n) is 3.42. The monoisotopic (exact) mass is 210 g/mol. The number of halogens is 1. The molecule has 0 radical (unpaired) electrons. The topological polar surface area (TPSA) is 92.3 Å². The second-order valence-electron chi connectivity index (χ2n) is 2.55. The third-order valence-corrected chi connectivity index (χ3v) is 2.23. The van der Waals surface area contributed by atoms with Gasteiger partial charge in [0.05, 0.1) is 5.75 Å². The predicted octanol–water partition coefficient (Wildman–Crippen LogP) is -1.12. The fourth-order valence-corrected chi connectivity index (χ4v) is 1.44.